The lowest BCUT2D eigenvalue weighted by atomic mass is 10.0. The summed E-state index contributed by atoms with van der Waals surface area (Å²) in [6, 6.07) is 14.2. The molecule has 1 fully saturated rings. The molecule has 0 saturated carbocycles. The molecule has 132 valence electrons. The van der Waals surface area contributed by atoms with Gasteiger partial charge in [-0.3, -0.25) is 9.78 Å². The van der Waals surface area contributed by atoms with Crippen molar-refractivity contribution in [2.75, 3.05) is 19.6 Å². The van der Waals surface area contributed by atoms with Crippen LogP contribution in [0.2, 0.25) is 0 Å². The van der Waals surface area contributed by atoms with Crippen molar-refractivity contribution in [3.05, 3.63) is 53.7 Å². The monoisotopic (exact) mass is 337 g/mol. The van der Waals surface area contributed by atoms with Crippen LogP contribution in [0.4, 0.5) is 0 Å². The summed E-state index contributed by atoms with van der Waals surface area (Å²) >= 11 is 0. The first-order valence-corrected chi connectivity index (χ1v) is 9.23. The molecule has 1 aromatic heterocycles. The molecule has 1 N–H and O–H groups in total. The molecule has 1 aromatic carbocycles. The maximum absolute atomic E-state index is 12.6. The zero-order chi connectivity index (χ0) is 17.6. The molecule has 0 spiro atoms. The molecule has 0 atom stereocenters. The fourth-order valence-electron chi connectivity index (χ4n) is 3.45. The Labute approximate surface area is 150 Å². The molecule has 4 heteroatoms. The molecule has 3 rings (SSSR count). The molecule has 25 heavy (non-hydrogen) atoms. The lowest BCUT2D eigenvalue weighted by Gasteiger charge is -2.32. The molecule has 1 aliphatic heterocycles. The summed E-state index contributed by atoms with van der Waals surface area (Å²) in [7, 11) is 0. The fourth-order valence-corrected chi connectivity index (χ4v) is 3.45. The third-order valence-corrected chi connectivity index (χ3v) is 4.86. The molecule has 1 amide bonds. The third kappa shape index (κ3) is 4.45. The Morgan fingerprint density at radius 1 is 1.16 bits per heavy atom. The van der Waals surface area contributed by atoms with Crippen molar-refractivity contribution < 1.29 is 4.79 Å². The van der Waals surface area contributed by atoms with E-state index in [4.69, 9.17) is 0 Å². The van der Waals surface area contributed by atoms with Crippen molar-refractivity contribution >= 4 is 5.91 Å². The third-order valence-electron chi connectivity index (χ3n) is 4.86. The number of pyridine rings is 1. The van der Waals surface area contributed by atoms with E-state index in [0.717, 1.165) is 49.4 Å². The van der Waals surface area contributed by atoms with Crippen LogP contribution in [0, 0.1) is 6.92 Å². The van der Waals surface area contributed by atoms with Crippen LogP contribution in [0.25, 0.3) is 11.3 Å². The maximum Gasteiger partial charge on any atom is 0.253 e. The zero-order valence-electron chi connectivity index (χ0n) is 15.2. The summed E-state index contributed by atoms with van der Waals surface area (Å²) in [5.74, 6) is -0.00134. The molecule has 1 aliphatic rings. The Morgan fingerprint density at radius 2 is 1.88 bits per heavy atom. The number of rotatable bonds is 5. The van der Waals surface area contributed by atoms with E-state index in [0.29, 0.717) is 5.56 Å². The maximum atomic E-state index is 12.6. The Bertz CT molecular complexity index is 706. The molecule has 4 nitrogen and oxygen atoms in total. The number of aryl methyl sites for hydroxylation is 1. The quantitative estimate of drug-likeness (QED) is 0.905. The summed E-state index contributed by atoms with van der Waals surface area (Å²) in [5.41, 5.74) is 3.43. The van der Waals surface area contributed by atoms with E-state index in [1.54, 1.807) is 0 Å². The van der Waals surface area contributed by atoms with Crippen LogP contribution >= 0.6 is 0 Å². The standard InChI is InChI=1S/C21H27N3O/c1-3-13-24-14-11-18(12-15-24)23-21(25)19-9-10-20(22-16(19)2)17-7-5-4-6-8-17/h4-10,18H,3,11-15H2,1-2H3,(H,23,25). The Kier molecular flexibility index (Phi) is 5.82. The van der Waals surface area contributed by atoms with Crippen LogP contribution < -0.4 is 5.32 Å². The summed E-state index contributed by atoms with van der Waals surface area (Å²) in [4.78, 5) is 19.7. The number of likely N-dealkylation sites (tertiary alicyclic amines) is 1. The van der Waals surface area contributed by atoms with Crippen LogP contribution in [0.1, 0.15) is 42.2 Å². The van der Waals surface area contributed by atoms with Gasteiger partial charge in [-0.05, 0) is 44.9 Å². The SMILES string of the molecule is CCCN1CCC(NC(=O)c2ccc(-c3ccccc3)nc2C)CC1. The summed E-state index contributed by atoms with van der Waals surface area (Å²) in [5, 5.41) is 3.19. The lowest BCUT2D eigenvalue weighted by Crippen LogP contribution is -2.44. The fraction of sp³-hybridized carbons (Fsp3) is 0.429. The number of benzene rings is 1. The zero-order valence-corrected chi connectivity index (χ0v) is 15.2. The highest BCUT2D eigenvalue weighted by atomic mass is 16.1. The minimum Gasteiger partial charge on any atom is -0.349 e. The first-order chi connectivity index (χ1) is 12.2. The average Bonchev–Trinajstić information content (AvgIpc) is 2.64. The van der Waals surface area contributed by atoms with E-state index in [9.17, 15) is 4.79 Å². The van der Waals surface area contributed by atoms with Crippen LogP contribution in [-0.2, 0) is 0 Å². The highest BCUT2D eigenvalue weighted by Gasteiger charge is 2.21. The first-order valence-electron chi connectivity index (χ1n) is 9.23. The minimum absolute atomic E-state index is 0.00134. The van der Waals surface area contributed by atoms with Gasteiger partial charge in [0, 0.05) is 24.7 Å². The minimum atomic E-state index is -0.00134. The number of carbonyl (C=O) groups is 1. The predicted octanol–water partition coefficient (Wildman–Crippen LogP) is 3.66. The molecule has 0 unspecified atom stereocenters. The molecule has 1 saturated heterocycles. The molecule has 0 bridgehead atoms. The number of aromatic nitrogens is 1. The Hall–Kier alpha value is -2.20. The highest BCUT2D eigenvalue weighted by molar-refractivity contribution is 5.95. The van der Waals surface area contributed by atoms with Crippen LogP contribution in [0.3, 0.4) is 0 Å². The van der Waals surface area contributed by atoms with Gasteiger partial charge >= 0.3 is 0 Å². The van der Waals surface area contributed by atoms with Gasteiger partial charge in [-0.15, -0.1) is 0 Å². The number of nitrogens with one attached hydrogen (secondary N) is 1. The smallest absolute Gasteiger partial charge is 0.253 e. The number of piperidine rings is 1. The number of hydrogen-bond donors (Lipinski definition) is 1. The van der Waals surface area contributed by atoms with Gasteiger partial charge in [0.15, 0.2) is 0 Å². The van der Waals surface area contributed by atoms with Gasteiger partial charge in [-0.2, -0.15) is 0 Å². The molecular formula is C21H27N3O. The second kappa shape index (κ2) is 8.26. The van der Waals surface area contributed by atoms with E-state index in [2.05, 4.69) is 22.1 Å². The van der Waals surface area contributed by atoms with Gasteiger partial charge in [-0.25, -0.2) is 0 Å². The summed E-state index contributed by atoms with van der Waals surface area (Å²) in [6.45, 7) is 7.42. The average molecular weight is 337 g/mol. The van der Waals surface area contributed by atoms with E-state index >= 15 is 0 Å². The van der Waals surface area contributed by atoms with Crippen molar-refractivity contribution in [1.29, 1.82) is 0 Å². The van der Waals surface area contributed by atoms with Crippen LogP contribution in [-0.4, -0.2) is 41.5 Å². The van der Waals surface area contributed by atoms with E-state index in [-0.39, 0.29) is 11.9 Å². The molecule has 2 heterocycles. The summed E-state index contributed by atoms with van der Waals surface area (Å²) in [6.07, 6.45) is 3.25. The highest BCUT2D eigenvalue weighted by Crippen LogP contribution is 2.19. The predicted molar refractivity (Wildman–Crippen MR) is 102 cm³/mol. The second-order valence-corrected chi connectivity index (χ2v) is 6.78. The second-order valence-electron chi connectivity index (χ2n) is 6.78. The molecule has 0 radical (unpaired) electrons. The van der Waals surface area contributed by atoms with Crippen molar-refractivity contribution in [3.63, 3.8) is 0 Å². The largest absolute Gasteiger partial charge is 0.349 e. The number of amides is 1. The molecule has 0 aliphatic carbocycles. The van der Waals surface area contributed by atoms with Crippen molar-refractivity contribution in [2.24, 2.45) is 0 Å². The van der Waals surface area contributed by atoms with Gasteiger partial charge in [0.25, 0.3) is 5.91 Å². The summed E-state index contributed by atoms with van der Waals surface area (Å²) < 4.78 is 0. The van der Waals surface area contributed by atoms with Crippen LogP contribution in [0.5, 0.6) is 0 Å². The van der Waals surface area contributed by atoms with Gasteiger partial charge in [-0.1, -0.05) is 37.3 Å². The topological polar surface area (TPSA) is 45.2 Å². The van der Waals surface area contributed by atoms with Crippen LogP contribution in [0.15, 0.2) is 42.5 Å². The van der Waals surface area contributed by atoms with E-state index in [1.165, 1.54) is 6.42 Å². The van der Waals surface area contributed by atoms with Crippen molar-refractivity contribution in [1.82, 2.24) is 15.2 Å². The van der Waals surface area contributed by atoms with Gasteiger partial charge < -0.3 is 10.2 Å². The first kappa shape index (κ1) is 17.6. The Balaban J connectivity index is 1.63. The number of hydrogen-bond acceptors (Lipinski definition) is 3. The van der Waals surface area contributed by atoms with Gasteiger partial charge in [0.2, 0.25) is 0 Å². The lowest BCUT2D eigenvalue weighted by molar-refractivity contribution is 0.0910. The van der Waals surface area contributed by atoms with E-state index < -0.39 is 0 Å². The molecular weight excluding hydrogens is 310 g/mol. The number of nitrogens with zero attached hydrogens (tertiary/aromatic N) is 2. The Morgan fingerprint density at radius 3 is 2.52 bits per heavy atom. The van der Waals surface area contributed by atoms with Crippen molar-refractivity contribution in [3.8, 4) is 11.3 Å². The van der Waals surface area contributed by atoms with Gasteiger partial charge in [0.05, 0.1) is 17.0 Å². The van der Waals surface area contributed by atoms with E-state index in [1.807, 2.05) is 49.4 Å². The molecule has 2 aromatic rings. The number of carbonyl (C=O) groups excluding carboxylic acids is 1. The van der Waals surface area contributed by atoms with Gasteiger partial charge in [0.1, 0.15) is 0 Å². The van der Waals surface area contributed by atoms with Crippen molar-refractivity contribution in [2.45, 2.75) is 39.2 Å². The normalized spacial score (nSPS) is 15.9.